The maximum atomic E-state index is 10.9. The zero-order valence-electron chi connectivity index (χ0n) is 11.5. The molecule has 0 aliphatic rings. The summed E-state index contributed by atoms with van der Waals surface area (Å²) in [6.45, 7) is 3.39. The van der Waals surface area contributed by atoms with Gasteiger partial charge in [0.1, 0.15) is 11.5 Å². The van der Waals surface area contributed by atoms with Gasteiger partial charge in [-0.15, -0.1) is 0 Å². The molecule has 0 radical (unpaired) electrons. The largest absolute Gasteiger partial charge is 0.477 e. The van der Waals surface area contributed by atoms with Crippen molar-refractivity contribution in [1.82, 2.24) is 9.97 Å². The van der Waals surface area contributed by atoms with Crippen molar-refractivity contribution in [2.45, 2.75) is 19.9 Å². The molecule has 0 atom stereocenters. The minimum Gasteiger partial charge on any atom is -0.477 e. The van der Waals surface area contributed by atoms with E-state index in [2.05, 4.69) is 15.3 Å². The first kappa shape index (κ1) is 12.0. The molecule has 2 heterocycles. The van der Waals surface area contributed by atoms with Crippen LogP contribution in [0.2, 0.25) is 5.02 Å². The fourth-order valence-corrected chi connectivity index (χ4v) is 1.87. The summed E-state index contributed by atoms with van der Waals surface area (Å²) >= 11 is 6.09. The molecular formula is C13H14ClN3O2. The quantitative estimate of drug-likeness (QED) is 0.803. The Labute approximate surface area is 117 Å². The monoisotopic (exact) mass is 280 g/mol. The maximum Gasteiger partial charge on any atom is 0.352 e. The first-order valence-corrected chi connectivity index (χ1v) is 6.00. The fraction of sp³-hybridized carbons (Fsp3) is 0.231. The van der Waals surface area contributed by atoms with E-state index in [1.807, 2.05) is 0 Å². The van der Waals surface area contributed by atoms with E-state index >= 15 is 0 Å². The van der Waals surface area contributed by atoms with Crippen LogP contribution in [0.1, 0.15) is 25.7 Å². The van der Waals surface area contributed by atoms with E-state index in [9.17, 15) is 4.79 Å². The highest BCUT2D eigenvalue weighted by Gasteiger charge is 2.11. The van der Waals surface area contributed by atoms with Gasteiger partial charge in [0.15, 0.2) is 0 Å². The molecule has 6 heteroatoms. The number of carbonyl (C=O) groups is 1. The summed E-state index contributed by atoms with van der Waals surface area (Å²) in [6.07, 6.45) is 3.04. The van der Waals surface area contributed by atoms with Crippen LogP contribution < -0.4 is 5.32 Å². The fourth-order valence-electron chi connectivity index (χ4n) is 1.66. The van der Waals surface area contributed by atoms with Crippen LogP contribution in [0.15, 0.2) is 24.5 Å². The summed E-state index contributed by atoms with van der Waals surface area (Å²) < 4.78 is 7.79. The van der Waals surface area contributed by atoms with Crippen molar-refractivity contribution < 1.29 is 11.3 Å². The lowest BCUT2D eigenvalue weighted by Crippen LogP contribution is -2.10. The Kier molecular flexibility index (Phi) is 3.37. The number of aromatic carboxylic acids is 1. The van der Waals surface area contributed by atoms with Crippen LogP contribution in [-0.2, 0) is 0 Å². The van der Waals surface area contributed by atoms with Crippen molar-refractivity contribution in [3.05, 3.63) is 35.2 Å². The molecule has 0 spiro atoms. The third-order valence-corrected chi connectivity index (χ3v) is 2.76. The molecule has 0 unspecified atom stereocenters. The van der Waals surface area contributed by atoms with E-state index in [0.29, 0.717) is 22.0 Å². The Morgan fingerprint density at radius 3 is 2.89 bits per heavy atom. The highest BCUT2D eigenvalue weighted by molar-refractivity contribution is 6.33. The van der Waals surface area contributed by atoms with Crippen molar-refractivity contribution in [3.63, 3.8) is 0 Å². The minimum absolute atomic E-state index is 0.0863. The number of H-pyrrole nitrogens is 1. The van der Waals surface area contributed by atoms with Crippen molar-refractivity contribution in [2.75, 3.05) is 5.32 Å². The average molecular weight is 281 g/mol. The number of hydrogen-bond acceptors (Lipinski definition) is 3. The van der Waals surface area contributed by atoms with Crippen LogP contribution in [-0.4, -0.2) is 27.1 Å². The minimum atomic E-state index is -1.04. The highest BCUT2D eigenvalue weighted by atomic mass is 35.5. The summed E-state index contributed by atoms with van der Waals surface area (Å²) in [5, 5.41) is 12.2. The number of anilines is 1. The van der Waals surface area contributed by atoms with Gasteiger partial charge in [-0.2, -0.15) is 0 Å². The van der Waals surface area contributed by atoms with Gasteiger partial charge in [0.25, 0.3) is 0 Å². The molecule has 0 bridgehead atoms. The van der Waals surface area contributed by atoms with Gasteiger partial charge in [-0.3, -0.25) is 0 Å². The SMILES string of the molecule is [2H]C(C)(C)Nc1cc(-c2c[nH]c(C(=O)O)c2)c(Cl)cn1. The van der Waals surface area contributed by atoms with Gasteiger partial charge in [-0.25, -0.2) is 9.78 Å². The molecule has 2 rings (SSSR count). The number of nitrogens with one attached hydrogen (secondary N) is 2. The summed E-state index contributed by atoms with van der Waals surface area (Å²) in [5.74, 6) is -0.533. The van der Waals surface area contributed by atoms with Gasteiger partial charge < -0.3 is 15.4 Å². The lowest BCUT2D eigenvalue weighted by molar-refractivity contribution is 0.0691. The van der Waals surface area contributed by atoms with Crippen molar-refractivity contribution in [2.24, 2.45) is 0 Å². The van der Waals surface area contributed by atoms with Gasteiger partial charge in [0.2, 0.25) is 0 Å². The van der Waals surface area contributed by atoms with Gasteiger partial charge in [0, 0.05) is 29.5 Å². The molecule has 0 aromatic carbocycles. The van der Waals surface area contributed by atoms with E-state index < -0.39 is 12.0 Å². The molecule has 0 aliphatic heterocycles. The molecule has 3 N–H and O–H groups in total. The molecule has 0 aliphatic carbocycles. The highest BCUT2D eigenvalue weighted by Crippen LogP contribution is 2.29. The van der Waals surface area contributed by atoms with Crippen LogP contribution in [0.3, 0.4) is 0 Å². The molecule has 0 saturated heterocycles. The molecule has 5 nitrogen and oxygen atoms in total. The lowest BCUT2D eigenvalue weighted by atomic mass is 10.1. The second kappa shape index (κ2) is 5.32. The third kappa shape index (κ3) is 3.06. The van der Waals surface area contributed by atoms with E-state index in [0.717, 1.165) is 0 Å². The molecule has 19 heavy (non-hydrogen) atoms. The number of hydrogen-bond donors (Lipinski definition) is 3. The summed E-state index contributed by atoms with van der Waals surface area (Å²) in [4.78, 5) is 17.6. The normalized spacial score (nSPS) is 12.1. The van der Waals surface area contributed by atoms with E-state index in [4.69, 9.17) is 18.1 Å². The Morgan fingerprint density at radius 2 is 2.32 bits per heavy atom. The molecule has 2 aromatic rings. The molecule has 2 aromatic heterocycles. The zero-order valence-corrected chi connectivity index (χ0v) is 11.2. The van der Waals surface area contributed by atoms with E-state index in [1.165, 1.54) is 12.3 Å². The first-order valence-electron chi connectivity index (χ1n) is 6.12. The second-order valence-electron chi connectivity index (χ2n) is 4.28. The number of pyridine rings is 1. The first-order chi connectivity index (χ1) is 9.26. The van der Waals surface area contributed by atoms with Gasteiger partial charge in [-0.05, 0) is 26.0 Å². The third-order valence-electron chi connectivity index (χ3n) is 2.46. The van der Waals surface area contributed by atoms with E-state index in [1.54, 1.807) is 26.1 Å². The zero-order chi connectivity index (χ0) is 14.9. The number of rotatable bonds is 4. The average Bonchev–Trinajstić information content (AvgIpc) is 2.79. The Morgan fingerprint density at radius 1 is 1.58 bits per heavy atom. The molecule has 100 valence electrons. The van der Waals surface area contributed by atoms with E-state index in [-0.39, 0.29) is 5.69 Å². The smallest absolute Gasteiger partial charge is 0.352 e. The number of nitrogens with zero attached hydrogens (tertiary/aromatic N) is 1. The summed E-state index contributed by atoms with van der Waals surface area (Å²) in [6, 6.07) is 2.31. The maximum absolute atomic E-state index is 10.9. The number of carboxylic acids is 1. The van der Waals surface area contributed by atoms with Crippen molar-refractivity contribution in [1.29, 1.82) is 0 Å². The Hall–Kier alpha value is -2.01. The molecule has 0 saturated carbocycles. The lowest BCUT2D eigenvalue weighted by Gasteiger charge is -2.10. The topological polar surface area (TPSA) is 78.0 Å². The Bertz CT molecular complexity index is 649. The van der Waals surface area contributed by atoms with Crippen molar-refractivity contribution >= 4 is 23.4 Å². The summed E-state index contributed by atoms with van der Waals surface area (Å²) in [7, 11) is 0. The van der Waals surface area contributed by atoms with Crippen LogP contribution in [0.25, 0.3) is 11.1 Å². The van der Waals surface area contributed by atoms with Gasteiger partial charge in [0.05, 0.1) is 6.39 Å². The number of halogens is 1. The van der Waals surface area contributed by atoms with Crippen LogP contribution >= 0.6 is 11.6 Å². The predicted octanol–water partition coefficient (Wildman–Crippen LogP) is 3.25. The molecule has 0 amide bonds. The van der Waals surface area contributed by atoms with Crippen LogP contribution in [0, 0.1) is 0 Å². The van der Waals surface area contributed by atoms with Crippen LogP contribution in [0.4, 0.5) is 5.82 Å². The Balaban J connectivity index is 2.39. The summed E-state index contributed by atoms with van der Waals surface area (Å²) in [5.41, 5.74) is 1.39. The number of aromatic amines is 1. The molecular weight excluding hydrogens is 266 g/mol. The number of aromatic nitrogens is 2. The predicted molar refractivity (Wildman–Crippen MR) is 74.8 cm³/mol. The second-order valence-corrected chi connectivity index (χ2v) is 4.69. The molecule has 0 fully saturated rings. The van der Waals surface area contributed by atoms with Gasteiger partial charge >= 0.3 is 5.97 Å². The van der Waals surface area contributed by atoms with Gasteiger partial charge in [-0.1, -0.05) is 11.6 Å². The number of carboxylic acid groups (broad SMARTS) is 1. The van der Waals surface area contributed by atoms with Crippen molar-refractivity contribution in [3.8, 4) is 11.1 Å². The standard InChI is InChI=1S/C13H14ClN3O2/c1-7(2)17-12-4-9(10(14)6-16-12)8-3-11(13(18)19)15-5-8/h3-7,15H,1-2H3,(H,16,17)(H,18,19)/i7D. The van der Waals surface area contributed by atoms with Crippen LogP contribution in [0.5, 0.6) is 0 Å².